The number of halogens is 1. The Morgan fingerprint density at radius 2 is 2.17 bits per heavy atom. The summed E-state index contributed by atoms with van der Waals surface area (Å²) >= 11 is 0. The first-order valence-corrected chi connectivity index (χ1v) is 5.39. The number of hydrogen-bond acceptors (Lipinski definition) is 3. The number of nitrogens with zero attached hydrogens (tertiary/aromatic N) is 1. The van der Waals surface area contributed by atoms with Gasteiger partial charge in [0.25, 0.3) is 0 Å². The van der Waals surface area contributed by atoms with Gasteiger partial charge in [0.1, 0.15) is 11.7 Å². The second-order valence-electron chi connectivity index (χ2n) is 3.56. The Labute approximate surface area is 104 Å². The van der Waals surface area contributed by atoms with Gasteiger partial charge in [-0.25, -0.2) is 9.18 Å². The number of hydrogen-bond donors (Lipinski definition) is 4. The van der Waals surface area contributed by atoms with Crippen LogP contribution in [0.1, 0.15) is 12.8 Å². The number of amides is 2. The van der Waals surface area contributed by atoms with Crippen LogP contribution in [-0.4, -0.2) is 23.6 Å². The predicted molar refractivity (Wildman–Crippen MR) is 66.1 cm³/mol. The number of benzene rings is 1. The van der Waals surface area contributed by atoms with E-state index in [2.05, 4.69) is 15.8 Å². The molecular formula is C11H15FN4O2. The Morgan fingerprint density at radius 3 is 2.83 bits per heavy atom. The number of rotatable bonds is 5. The summed E-state index contributed by atoms with van der Waals surface area (Å²) in [6.07, 6.45) is 0.900. The van der Waals surface area contributed by atoms with Crippen LogP contribution in [0.3, 0.4) is 0 Å². The van der Waals surface area contributed by atoms with E-state index in [0.29, 0.717) is 19.4 Å². The van der Waals surface area contributed by atoms with E-state index in [1.807, 2.05) is 0 Å². The van der Waals surface area contributed by atoms with Gasteiger partial charge in [-0.15, -0.1) is 0 Å². The zero-order valence-corrected chi connectivity index (χ0v) is 9.69. The molecule has 0 atom stereocenters. The summed E-state index contributed by atoms with van der Waals surface area (Å²) < 4.78 is 13.2. The quantitative estimate of drug-likeness (QED) is 0.210. The van der Waals surface area contributed by atoms with Crippen molar-refractivity contribution < 1.29 is 14.4 Å². The average Bonchev–Trinajstić information content (AvgIpc) is 2.37. The molecule has 1 aromatic rings. The third kappa shape index (κ3) is 4.69. The Hall–Kier alpha value is -2.31. The summed E-state index contributed by atoms with van der Waals surface area (Å²) in [5.41, 5.74) is 5.37. The van der Waals surface area contributed by atoms with E-state index in [1.54, 1.807) is 6.07 Å². The first-order chi connectivity index (χ1) is 8.63. The number of carbonyl (C=O) groups excluding carboxylic acids is 1. The Kier molecular flexibility index (Phi) is 5.43. The third-order valence-corrected chi connectivity index (χ3v) is 2.15. The molecule has 0 unspecified atom stereocenters. The third-order valence-electron chi connectivity index (χ3n) is 2.15. The van der Waals surface area contributed by atoms with Crippen LogP contribution in [-0.2, 0) is 0 Å². The number of nitrogens with two attached hydrogens (primary N) is 1. The van der Waals surface area contributed by atoms with Gasteiger partial charge in [-0.05, 0) is 18.6 Å². The first kappa shape index (κ1) is 13.8. The molecule has 0 spiro atoms. The van der Waals surface area contributed by atoms with Crippen LogP contribution in [0.5, 0.6) is 0 Å². The van der Waals surface area contributed by atoms with E-state index < -0.39 is 11.8 Å². The van der Waals surface area contributed by atoms with E-state index >= 15 is 0 Å². The molecule has 18 heavy (non-hydrogen) atoms. The Balaban J connectivity index is 2.28. The molecule has 0 saturated heterocycles. The van der Waals surface area contributed by atoms with Crippen LogP contribution in [0.2, 0.25) is 0 Å². The summed E-state index contributed by atoms with van der Waals surface area (Å²) in [6, 6.07) is 5.38. The maximum atomic E-state index is 13.2. The van der Waals surface area contributed by atoms with Crippen molar-refractivity contribution >= 4 is 17.6 Å². The van der Waals surface area contributed by atoms with Crippen LogP contribution >= 0.6 is 0 Å². The molecule has 0 radical (unpaired) electrons. The number of urea groups is 1. The largest absolute Gasteiger partial charge is 0.409 e. The highest BCUT2D eigenvalue weighted by atomic mass is 19.1. The van der Waals surface area contributed by atoms with Gasteiger partial charge in [0.05, 0.1) is 5.69 Å². The van der Waals surface area contributed by atoms with Crippen LogP contribution in [0.4, 0.5) is 14.9 Å². The van der Waals surface area contributed by atoms with Gasteiger partial charge in [0, 0.05) is 13.0 Å². The van der Waals surface area contributed by atoms with Gasteiger partial charge in [0.2, 0.25) is 0 Å². The molecule has 2 amide bonds. The molecule has 0 aliphatic heterocycles. The number of oxime groups is 1. The molecule has 1 rings (SSSR count). The molecule has 1 aromatic carbocycles. The average molecular weight is 254 g/mol. The molecule has 98 valence electrons. The van der Waals surface area contributed by atoms with Gasteiger partial charge in [-0.3, -0.25) is 0 Å². The van der Waals surface area contributed by atoms with Crippen molar-refractivity contribution in [2.24, 2.45) is 10.9 Å². The van der Waals surface area contributed by atoms with E-state index in [-0.39, 0.29) is 11.5 Å². The normalized spacial score (nSPS) is 11.1. The Morgan fingerprint density at radius 1 is 1.44 bits per heavy atom. The van der Waals surface area contributed by atoms with Crippen molar-refractivity contribution in [2.45, 2.75) is 12.8 Å². The molecule has 0 heterocycles. The molecular weight excluding hydrogens is 239 g/mol. The highest BCUT2D eigenvalue weighted by Crippen LogP contribution is 2.11. The minimum Gasteiger partial charge on any atom is -0.409 e. The number of amidine groups is 1. The summed E-state index contributed by atoms with van der Waals surface area (Å²) in [5, 5.41) is 16.0. The Bertz CT molecular complexity index is 437. The molecule has 5 N–H and O–H groups in total. The second-order valence-corrected chi connectivity index (χ2v) is 3.56. The molecule has 6 nitrogen and oxygen atoms in total. The molecule has 0 aliphatic carbocycles. The minimum absolute atomic E-state index is 0.103. The number of anilines is 1. The monoisotopic (exact) mass is 254 g/mol. The molecule has 7 heteroatoms. The lowest BCUT2D eigenvalue weighted by Gasteiger charge is -2.07. The van der Waals surface area contributed by atoms with Crippen molar-refractivity contribution in [1.29, 1.82) is 0 Å². The van der Waals surface area contributed by atoms with Gasteiger partial charge < -0.3 is 21.6 Å². The van der Waals surface area contributed by atoms with Crippen LogP contribution in [0.25, 0.3) is 0 Å². The summed E-state index contributed by atoms with van der Waals surface area (Å²) in [4.78, 5) is 11.4. The molecule has 0 bridgehead atoms. The van der Waals surface area contributed by atoms with Crippen molar-refractivity contribution in [3.63, 3.8) is 0 Å². The first-order valence-electron chi connectivity index (χ1n) is 5.39. The van der Waals surface area contributed by atoms with Crippen LogP contribution < -0.4 is 16.4 Å². The van der Waals surface area contributed by atoms with E-state index in [9.17, 15) is 9.18 Å². The van der Waals surface area contributed by atoms with Crippen molar-refractivity contribution in [3.05, 3.63) is 30.1 Å². The fraction of sp³-hybridized carbons (Fsp3) is 0.273. The highest BCUT2D eigenvalue weighted by Gasteiger charge is 2.04. The molecule has 0 aliphatic rings. The van der Waals surface area contributed by atoms with Crippen LogP contribution in [0.15, 0.2) is 29.4 Å². The second kappa shape index (κ2) is 7.10. The molecule has 0 aromatic heterocycles. The maximum absolute atomic E-state index is 13.2. The van der Waals surface area contributed by atoms with Gasteiger partial charge in [-0.1, -0.05) is 17.3 Å². The van der Waals surface area contributed by atoms with Crippen LogP contribution in [0, 0.1) is 5.82 Å². The predicted octanol–water partition coefficient (Wildman–Crippen LogP) is 1.47. The lowest BCUT2D eigenvalue weighted by atomic mass is 10.3. The molecule has 0 fully saturated rings. The van der Waals surface area contributed by atoms with Gasteiger partial charge in [0.15, 0.2) is 0 Å². The summed E-state index contributed by atoms with van der Waals surface area (Å²) in [7, 11) is 0. The fourth-order valence-corrected chi connectivity index (χ4v) is 1.25. The van der Waals surface area contributed by atoms with E-state index in [4.69, 9.17) is 10.9 Å². The minimum atomic E-state index is -0.500. The summed E-state index contributed by atoms with van der Waals surface area (Å²) in [6.45, 7) is 0.344. The highest BCUT2D eigenvalue weighted by molar-refractivity contribution is 5.89. The smallest absolute Gasteiger partial charge is 0.319 e. The van der Waals surface area contributed by atoms with E-state index in [0.717, 1.165) is 0 Å². The van der Waals surface area contributed by atoms with E-state index in [1.165, 1.54) is 18.2 Å². The summed E-state index contributed by atoms with van der Waals surface area (Å²) in [5.74, 6) is -0.393. The lowest BCUT2D eigenvalue weighted by molar-refractivity contribution is 0.252. The number of nitrogens with one attached hydrogen (secondary N) is 2. The molecule has 0 saturated carbocycles. The zero-order chi connectivity index (χ0) is 13.4. The van der Waals surface area contributed by atoms with Gasteiger partial charge in [-0.2, -0.15) is 0 Å². The number of para-hydroxylation sites is 1. The standard InChI is InChI=1S/C11H15FN4O2/c12-8-4-1-2-5-9(8)15-11(17)14-7-3-6-10(13)16-18/h1-2,4-5,18H,3,6-7H2,(H2,13,16)(H2,14,15,17). The lowest BCUT2D eigenvalue weighted by Crippen LogP contribution is -2.30. The fourth-order valence-electron chi connectivity index (χ4n) is 1.25. The van der Waals surface area contributed by atoms with Crippen molar-refractivity contribution in [2.75, 3.05) is 11.9 Å². The topological polar surface area (TPSA) is 99.7 Å². The number of carbonyl (C=O) groups is 1. The SMILES string of the molecule is NC(CCCNC(=O)Nc1ccccc1F)=NO. The van der Waals surface area contributed by atoms with Crippen molar-refractivity contribution in [1.82, 2.24) is 5.32 Å². The maximum Gasteiger partial charge on any atom is 0.319 e. The van der Waals surface area contributed by atoms with Gasteiger partial charge >= 0.3 is 6.03 Å². The van der Waals surface area contributed by atoms with Crippen molar-refractivity contribution in [3.8, 4) is 0 Å². The zero-order valence-electron chi connectivity index (χ0n) is 9.69.